The third kappa shape index (κ3) is 4.52. The van der Waals surface area contributed by atoms with Gasteiger partial charge in [-0.3, -0.25) is 4.79 Å². The van der Waals surface area contributed by atoms with E-state index in [0.29, 0.717) is 11.8 Å². The monoisotopic (exact) mass is 388 g/mol. The number of halogens is 3. The van der Waals surface area contributed by atoms with E-state index in [1.165, 1.54) is 31.4 Å². The molecule has 140 valence electrons. The maximum Gasteiger partial charge on any atom is 0.254 e. The van der Waals surface area contributed by atoms with Crippen LogP contribution in [0.5, 0.6) is 5.75 Å². The molecule has 1 amide bonds. The first-order valence-electron chi connectivity index (χ1n) is 7.31. The molecule has 26 heavy (non-hydrogen) atoms. The Balaban J connectivity index is 1.91. The van der Waals surface area contributed by atoms with Gasteiger partial charge < -0.3 is 10.1 Å². The molecule has 0 radical (unpaired) electrons. The van der Waals surface area contributed by atoms with Gasteiger partial charge in [0.25, 0.3) is 5.91 Å². The summed E-state index contributed by atoms with van der Waals surface area (Å²) >= 11 is 0. The largest absolute Gasteiger partial charge is 0.497 e. The number of hydrogen-bond donors (Lipinski definition) is 2. The minimum absolute atomic E-state index is 0.00345. The lowest BCUT2D eigenvalue weighted by molar-refractivity contribution is 0.0949. The van der Waals surface area contributed by atoms with Crippen molar-refractivity contribution in [3.63, 3.8) is 0 Å². The molecule has 0 unspecified atom stereocenters. The number of benzene rings is 2. The molecule has 10 heteroatoms. The van der Waals surface area contributed by atoms with Crippen LogP contribution in [-0.4, -0.2) is 34.5 Å². The first-order chi connectivity index (χ1) is 12.3. The Morgan fingerprint density at radius 1 is 1.00 bits per heavy atom. The van der Waals surface area contributed by atoms with E-state index in [2.05, 4.69) is 10.0 Å². The van der Waals surface area contributed by atoms with E-state index in [0.717, 1.165) is 6.07 Å². The van der Waals surface area contributed by atoms with E-state index >= 15 is 0 Å². The topological polar surface area (TPSA) is 84.5 Å². The standard InChI is InChI=1S/C16H15F3N2O4S/c1-25-10-2-4-11(5-3-10)26(23,24)21-9-8-20-16(22)12-6-7-13(17)15(19)14(12)18/h2-7,21H,8-9H2,1H3,(H,20,22). The minimum atomic E-state index is -3.81. The van der Waals surface area contributed by atoms with Crippen molar-refractivity contribution in [1.29, 1.82) is 0 Å². The summed E-state index contributed by atoms with van der Waals surface area (Å²) < 4.78 is 70.8. The molecule has 2 N–H and O–H groups in total. The first-order valence-corrected chi connectivity index (χ1v) is 8.80. The lowest BCUT2D eigenvalue weighted by Crippen LogP contribution is -2.35. The summed E-state index contributed by atoms with van der Waals surface area (Å²) in [5.74, 6) is -5.28. The second-order valence-corrected chi connectivity index (χ2v) is 6.82. The Kier molecular flexibility index (Phi) is 6.22. The smallest absolute Gasteiger partial charge is 0.254 e. The van der Waals surface area contributed by atoms with E-state index in [9.17, 15) is 26.4 Å². The quantitative estimate of drug-likeness (QED) is 0.560. The van der Waals surface area contributed by atoms with Gasteiger partial charge in [0.1, 0.15) is 5.75 Å². The van der Waals surface area contributed by atoms with Gasteiger partial charge in [-0.1, -0.05) is 0 Å². The van der Waals surface area contributed by atoms with E-state index in [4.69, 9.17) is 4.74 Å². The van der Waals surface area contributed by atoms with Crippen molar-refractivity contribution in [1.82, 2.24) is 10.0 Å². The summed E-state index contributed by atoms with van der Waals surface area (Å²) in [6.07, 6.45) is 0. The number of methoxy groups -OCH3 is 1. The van der Waals surface area contributed by atoms with Crippen LogP contribution < -0.4 is 14.8 Å². The van der Waals surface area contributed by atoms with Crippen LogP contribution >= 0.6 is 0 Å². The van der Waals surface area contributed by atoms with Crippen LogP contribution in [0, 0.1) is 17.5 Å². The highest BCUT2D eigenvalue weighted by molar-refractivity contribution is 7.89. The van der Waals surface area contributed by atoms with Gasteiger partial charge in [0.2, 0.25) is 10.0 Å². The van der Waals surface area contributed by atoms with Crippen molar-refractivity contribution in [3.8, 4) is 5.75 Å². The van der Waals surface area contributed by atoms with Gasteiger partial charge in [-0.25, -0.2) is 26.3 Å². The summed E-state index contributed by atoms with van der Waals surface area (Å²) in [5.41, 5.74) is -0.679. The van der Waals surface area contributed by atoms with Crippen molar-refractivity contribution >= 4 is 15.9 Å². The average molecular weight is 388 g/mol. The lowest BCUT2D eigenvalue weighted by Gasteiger charge is -2.09. The van der Waals surface area contributed by atoms with Gasteiger partial charge in [-0.05, 0) is 36.4 Å². The highest BCUT2D eigenvalue weighted by atomic mass is 32.2. The van der Waals surface area contributed by atoms with Crippen molar-refractivity contribution < 1.29 is 31.1 Å². The van der Waals surface area contributed by atoms with Gasteiger partial charge in [-0.2, -0.15) is 0 Å². The third-order valence-electron chi connectivity index (χ3n) is 3.35. The molecule has 0 aromatic heterocycles. The minimum Gasteiger partial charge on any atom is -0.497 e. The van der Waals surface area contributed by atoms with E-state index in [-0.39, 0.29) is 18.0 Å². The molecule has 0 aliphatic rings. The second kappa shape index (κ2) is 8.19. The van der Waals surface area contributed by atoms with Crippen molar-refractivity contribution in [2.75, 3.05) is 20.2 Å². The van der Waals surface area contributed by atoms with E-state index < -0.39 is 38.9 Å². The predicted molar refractivity (Wildman–Crippen MR) is 86.8 cm³/mol. The molecule has 2 aromatic rings. The molecular weight excluding hydrogens is 373 g/mol. The average Bonchev–Trinajstić information content (AvgIpc) is 2.63. The van der Waals surface area contributed by atoms with Crippen molar-refractivity contribution in [2.24, 2.45) is 0 Å². The summed E-state index contributed by atoms with van der Waals surface area (Å²) in [6.45, 7) is -0.377. The SMILES string of the molecule is COc1ccc(S(=O)(=O)NCCNC(=O)c2ccc(F)c(F)c2F)cc1. The zero-order valence-corrected chi connectivity index (χ0v) is 14.4. The fourth-order valence-corrected chi connectivity index (χ4v) is 3.03. The highest BCUT2D eigenvalue weighted by Gasteiger charge is 2.19. The number of carbonyl (C=O) groups excluding carboxylic acids is 1. The molecule has 6 nitrogen and oxygen atoms in total. The summed E-state index contributed by atoms with van der Waals surface area (Å²) in [7, 11) is -2.36. The molecule has 2 aromatic carbocycles. The molecule has 0 saturated carbocycles. The third-order valence-corrected chi connectivity index (χ3v) is 4.83. The number of sulfonamides is 1. The van der Waals surface area contributed by atoms with E-state index in [1.807, 2.05) is 0 Å². The Morgan fingerprint density at radius 2 is 1.65 bits per heavy atom. The van der Waals surface area contributed by atoms with Crippen LogP contribution in [0.4, 0.5) is 13.2 Å². The summed E-state index contributed by atoms with van der Waals surface area (Å²) in [4.78, 5) is 11.8. The van der Waals surface area contributed by atoms with Gasteiger partial charge in [0.15, 0.2) is 17.5 Å². The number of ether oxygens (including phenoxy) is 1. The van der Waals surface area contributed by atoms with Gasteiger partial charge in [-0.15, -0.1) is 0 Å². The number of amides is 1. The van der Waals surface area contributed by atoms with Crippen LogP contribution in [0.15, 0.2) is 41.3 Å². The van der Waals surface area contributed by atoms with Crippen LogP contribution in [0.25, 0.3) is 0 Å². The fourth-order valence-electron chi connectivity index (χ4n) is 2.00. The predicted octanol–water partition coefficient (Wildman–Crippen LogP) is 1.82. The Hall–Kier alpha value is -2.59. The molecule has 0 atom stereocenters. The first kappa shape index (κ1) is 19.7. The number of hydrogen-bond acceptors (Lipinski definition) is 4. The summed E-state index contributed by atoms with van der Waals surface area (Å²) in [5, 5.41) is 2.21. The number of carbonyl (C=O) groups is 1. The molecule has 0 saturated heterocycles. The zero-order valence-electron chi connectivity index (χ0n) is 13.6. The van der Waals surface area contributed by atoms with Crippen molar-refractivity contribution in [3.05, 3.63) is 59.4 Å². The lowest BCUT2D eigenvalue weighted by atomic mass is 10.2. The Labute approximate surface area is 148 Å². The maximum atomic E-state index is 13.5. The summed E-state index contributed by atoms with van der Waals surface area (Å²) in [6, 6.07) is 7.06. The van der Waals surface area contributed by atoms with Crippen LogP contribution in [0.1, 0.15) is 10.4 Å². The highest BCUT2D eigenvalue weighted by Crippen LogP contribution is 2.16. The van der Waals surface area contributed by atoms with Gasteiger partial charge in [0.05, 0.1) is 17.6 Å². The molecular formula is C16H15F3N2O4S. The zero-order chi connectivity index (χ0) is 19.3. The van der Waals surface area contributed by atoms with Gasteiger partial charge in [0, 0.05) is 13.1 Å². The van der Waals surface area contributed by atoms with Gasteiger partial charge >= 0.3 is 0 Å². The van der Waals surface area contributed by atoms with E-state index in [1.54, 1.807) is 0 Å². The molecule has 0 aliphatic carbocycles. The fraction of sp³-hybridized carbons (Fsp3) is 0.188. The normalized spacial score (nSPS) is 11.2. The second-order valence-electron chi connectivity index (χ2n) is 5.05. The molecule has 0 bridgehead atoms. The molecule has 0 spiro atoms. The van der Waals surface area contributed by atoms with Crippen molar-refractivity contribution in [2.45, 2.75) is 4.90 Å². The number of rotatable bonds is 7. The molecule has 0 heterocycles. The molecule has 0 fully saturated rings. The van der Waals surface area contributed by atoms with Crippen LogP contribution in [0.2, 0.25) is 0 Å². The Morgan fingerprint density at radius 3 is 2.27 bits per heavy atom. The molecule has 2 rings (SSSR count). The number of nitrogens with one attached hydrogen (secondary N) is 2. The van der Waals surface area contributed by atoms with Crippen LogP contribution in [-0.2, 0) is 10.0 Å². The maximum absolute atomic E-state index is 13.5. The molecule has 0 aliphatic heterocycles. The Bertz CT molecular complexity index is 902. The van der Waals surface area contributed by atoms with Crippen LogP contribution in [0.3, 0.4) is 0 Å².